The van der Waals surface area contributed by atoms with E-state index in [0.29, 0.717) is 23.6 Å². The molecule has 2 rings (SSSR count). The Hall–Kier alpha value is -1.76. The first-order chi connectivity index (χ1) is 9.90. The maximum Gasteiger partial charge on any atom is 0.414 e. The molecular weight excluding hydrogens is 285 g/mol. The third-order valence-corrected chi connectivity index (χ3v) is 3.32. The monoisotopic (exact) mass is 302 g/mol. The lowest BCUT2D eigenvalue weighted by molar-refractivity contribution is -0.233. The number of anilines is 1. The Bertz CT molecular complexity index is 509. The van der Waals surface area contributed by atoms with Gasteiger partial charge in [-0.3, -0.25) is 0 Å². The molecule has 116 valence electrons. The van der Waals surface area contributed by atoms with Crippen molar-refractivity contribution in [3.05, 3.63) is 23.9 Å². The van der Waals surface area contributed by atoms with Crippen molar-refractivity contribution in [1.29, 1.82) is 0 Å². The lowest BCUT2D eigenvalue weighted by atomic mass is 9.97. The number of halogens is 3. The van der Waals surface area contributed by atoms with E-state index in [2.05, 4.69) is 4.98 Å². The summed E-state index contributed by atoms with van der Waals surface area (Å²) in [5.41, 5.74) is 6.84. The van der Waals surface area contributed by atoms with Gasteiger partial charge in [0, 0.05) is 11.5 Å². The molecule has 1 aromatic rings. The number of hydrogen-bond acceptors (Lipinski definition) is 4. The second-order valence-electron chi connectivity index (χ2n) is 4.93. The van der Waals surface area contributed by atoms with Crippen LogP contribution in [0.3, 0.4) is 0 Å². The normalized spacial score (nSPS) is 23.4. The summed E-state index contributed by atoms with van der Waals surface area (Å²) in [5.74, 6) is 0.361. The van der Waals surface area contributed by atoms with Gasteiger partial charge >= 0.3 is 6.18 Å². The van der Waals surface area contributed by atoms with Crippen molar-refractivity contribution in [3.63, 3.8) is 0 Å². The predicted molar refractivity (Wildman–Crippen MR) is 72.8 cm³/mol. The van der Waals surface area contributed by atoms with E-state index >= 15 is 0 Å². The van der Waals surface area contributed by atoms with E-state index in [-0.39, 0.29) is 18.9 Å². The maximum absolute atomic E-state index is 12.5. The van der Waals surface area contributed by atoms with E-state index in [0.717, 1.165) is 0 Å². The molecular formula is C14H17F3N2O2. The molecule has 2 atom stereocenters. The Balaban J connectivity index is 1.99. The van der Waals surface area contributed by atoms with Gasteiger partial charge in [-0.05, 0) is 18.9 Å². The summed E-state index contributed by atoms with van der Waals surface area (Å²) in [6.45, 7) is 0.0543. The molecule has 7 heteroatoms. The van der Waals surface area contributed by atoms with Crippen LogP contribution in [-0.2, 0) is 4.74 Å². The van der Waals surface area contributed by atoms with E-state index in [9.17, 15) is 13.2 Å². The SMILES string of the molecule is COc1ncc(N)cc1/C=C/C1CCC(C(F)(F)F)OC1. The van der Waals surface area contributed by atoms with E-state index in [4.69, 9.17) is 15.2 Å². The van der Waals surface area contributed by atoms with Crippen LogP contribution >= 0.6 is 0 Å². The number of methoxy groups -OCH3 is 1. The molecule has 0 amide bonds. The topological polar surface area (TPSA) is 57.4 Å². The highest BCUT2D eigenvalue weighted by Crippen LogP contribution is 2.32. The molecule has 1 aliphatic rings. The number of ether oxygens (including phenoxy) is 2. The highest BCUT2D eigenvalue weighted by atomic mass is 19.4. The molecule has 0 spiro atoms. The fourth-order valence-corrected chi connectivity index (χ4v) is 2.20. The standard InChI is InChI=1S/C14H17F3N2O2/c1-20-13-10(6-11(18)7-19-13)4-2-9-3-5-12(21-8-9)14(15,16)17/h2,4,6-7,9,12H,3,5,8,18H2,1H3/b4-2+. The molecule has 4 nitrogen and oxygen atoms in total. The van der Waals surface area contributed by atoms with Crippen LogP contribution < -0.4 is 10.5 Å². The number of nitrogens with two attached hydrogens (primary N) is 1. The Kier molecular flexibility index (Phi) is 4.72. The molecule has 1 fully saturated rings. The van der Waals surface area contributed by atoms with Crippen LogP contribution in [0, 0.1) is 5.92 Å². The van der Waals surface area contributed by atoms with Crippen LogP contribution in [0.1, 0.15) is 18.4 Å². The van der Waals surface area contributed by atoms with Gasteiger partial charge in [0.15, 0.2) is 6.10 Å². The summed E-state index contributed by atoms with van der Waals surface area (Å²) in [6.07, 6.45) is -0.478. The quantitative estimate of drug-likeness (QED) is 0.932. The fraction of sp³-hybridized carbons (Fsp3) is 0.500. The minimum Gasteiger partial charge on any atom is -0.481 e. The number of hydrogen-bond donors (Lipinski definition) is 1. The summed E-state index contributed by atoms with van der Waals surface area (Å²) in [7, 11) is 1.49. The minimum atomic E-state index is -4.28. The van der Waals surface area contributed by atoms with Crippen LogP contribution in [0.25, 0.3) is 6.08 Å². The summed E-state index contributed by atoms with van der Waals surface area (Å²) < 4.78 is 47.4. The van der Waals surface area contributed by atoms with E-state index in [1.54, 1.807) is 12.1 Å². The summed E-state index contributed by atoms with van der Waals surface area (Å²) >= 11 is 0. The third-order valence-electron chi connectivity index (χ3n) is 3.32. The van der Waals surface area contributed by atoms with Crippen molar-refractivity contribution in [2.75, 3.05) is 19.5 Å². The average Bonchev–Trinajstić information content (AvgIpc) is 2.45. The van der Waals surface area contributed by atoms with Gasteiger partial charge < -0.3 is 15.2 Å². The number of nitrogen functional groups attached to an aromatic ring is 1. The second kappa shape index (κ2) is 6.34. The molecule has 1 aliphatic heterocycles. The van der Waals surface area contributed by atoms with Crippen LogP contribution in [0.15, 0.2) is 18.3 Å². The fourth-order valence-electron chi connectivity index (χ4n) is 2.20. The van der Waals surface area contributed by atoms with Gasteiger partial charge in [-0.15, -0.1) is 0 Å². The molecule has 0 radical (unpaired) electrons. The zero-order valence-corrected chi connectivity index (χ0v) is 11.6. The molecule has 2 N–H and O–H groups in total. The molecule has 0 aliphatic carbocycles. The van der Waals surface area contributed by atoms with Gasteiger partial charge in [0.1, 0.15) is 0 Å². The number of rotatable bonds is 3. The summed E-state index contributed by atoms with van der Waals surface area (Å²) in [5, 5.41) is 0. The van der Waals surface area contributed by atoms with Gasteiger partial charge in [-0.25, -0.2) is 4.98 Å². The Morgan fingerprint density at radius 2 is 2.19 bits per heavy atom. The third kappa shape index (κ3) is 4.10. The molecule has 0 bridgehead atoms. The molecule has 2 unspecified atom stereocenters. The molecule has 21 heavy (non-hydrogen) atoms. The van der Waals surface area contributed by atoms with E-state index < -0.39 is 12.3 Å². The molecule has 2 heterocycles. The van der Waals surface area contributed by atoms with Crippen molar-refractivity contribution in [2.24, 2.45) is 5.92 Å². The van der Waals surface area contributed by atoms with Crippen LogP contribution in [0.4, 0.5) is 18.9 Å². The van der Waals surface area contributed by atoms with Crippen molar-refractivity contribution in [3.8, 4) is 5.88 Å². The predicted octanol–water partition coefficient (Wildman–Crippen LogP) is 3.04. The first kappa shape index (κ1) is 15.6. The first-order valence-electron chi connectivity index (χ1n) is 6.56. The number of alkyl halides is 3. The number of aromatic nitrogens is 1. The molecule has 0 aromatic carbocycles. The van der Waals surface area contributed by atoms with Gasteiger partial charge in [-0.1, -0.05) is 12.2 Å². The smallest absolute Gasteiger partial charge is 0.414 e. The zero-order chi connectivity index (χ0) is 15.5. The molecule has 1 saturated heterocycles. The highest BCUT2D eigenvalue weighted by molar-refractivity contribution is 5.59. The number of nitrogens with zero attached hydrogens (tertiary/aromatic N) is 1. The Morgan fingerprint density at radius 1 is 1.43 bits per heavy atom. The van der Waals surface area contributed by atoms with Crippen LogP contribution in [0.2, 0.25) is 0 Å². The van der Waals surface area contributed by atoms with Crippen molar-refractivity contribution in [1.82, 2.24) is 4.98 Å². The van der Waals surface area contributed by atoms with Crippen molar-refractivity contribution >= 4 is 11.8 Å². The van der Waals surface area contributed by atoms with E-state index in [1.165, 1.54) is 13.3 Å². The van der Waals surface area contributed by atoms with Gasteiger partial charge in [0.25, 0.3) is 0 Å². The minimum absolute atomic E-state index is 0.0230. The lowest BCUT2D eigenvalue weighted by Crippen LogP contribution is -2.37. The number of pyridine rings is 1. The Morgan fingerprint density at radius 3 is 2.76 bits per heavy atom. The van der Waals surface area contributed by atoms with Gasteiger partial charge in [0.2, 0.25) is 5.88 Å². The van der Waals surface area contributed by atoms with Gasteiger partial charge in [-0.2, -0.15) is 13.2 Å². The lowest BCUT2D eigenvalue weighted by Gasteiger charge is -2.28. The van der Waals surface area contributed by atoms with E-state index in [1.807, 2.05) is 6.08 Å². The molecule has 0 saturated carbocycles. The summed E-state index contributed by atoms with van der Waals surface area (Å²) in [4.78, 5) is 4.03. The van der Waals surface area contributed by atoms with Gasteiger partial charge in [0.05, 0.1) is 25.6 Å². The highest BCUT2D eigenvalue weighted by Gasteiger charge is 2.42. The van der Waals surface area contributed by atoms with Crippen molar-refractivity contribution < 1.29 is 22.6 Å². The van der Waals surface area contributed by atoms with Crippen LogP contribution in [0.5, 0.6) is 5.88 Å². The maximum atomic E-state index is 12.5. The first-order valence-corrected chi connectivity index (χ1v) is 6.56. The van der Waals surface area contributed by atoms with Crippen LogP contribution in [-0.4, -0.2) is 31.0 Å². The Labute approximate surface area is 120 Å². The average molecular weight is 302 g/mol. The largest absolute Gasteiger partial charge is 0.481 e. The summed E-state index contributed by atoms with van der Waals surface area (Å²) in [6, 6.07) is 1.70. The molecule has 1 aromatic heterocycles. The zero-order valence-electron chi connectivity index (χ0n) is 11.6. The van der Waals surface area contributed by atoms with Crippen molar-refractivity contribution in [2.45, 2.75) is 25.1 Å². The second-order valence-corrected chi connectivity index (χ2v) is 4.93.